The van der Waals surface area contributed by atoms with E-state index in [1.807, 2.05) is 0 Å². The fourth-order valence-electron chi connectivity index (χ4n) is 0.235. The Labute approximate surface area is 58.0 Å². The first kappa shape index (κ1) is 9.58. The van der Waals surface area contributed by atoms with Crippen molar-refractivity contribution in [2.45, 2.75) is 0 Å². The van der Waals surface area contributed by atoms with E-state index >= 15 is 0 Å². The van der Waals surface area contributed by atoms with Crippen molar-refractivity contribution < 1.29 is 23.0 Å². The summed E-state index contributed by atoms with van der Waals surface area (Å²) in [6.45, 7) is 0. The number of phosphoric acid groups is 1. The highest BCUT2D eigenvalue weighted by Gasteiger charge is 2.22. The molecular formula is C3H8NO5P. The van der Waals surface area contributed by atoms with Gasteiger partial charge in [-0.2, -0.15) is 4.62 Å². The number of hydrogen-bond acceptors (Lipinski definition) is 5. The Morgan fingerprint density at radius 3 is 2.20 bits per heavy atom. The highest BCUT2D eigenvalue weighted by atomic mass is 31.2. The summed E-state index contributed by atoms with van der Waals surface area (Å²) in [5.41, 5.74) is 1.70. The molecule has 60 valence electrons. The minimum Gasteiger partial charge on any atom is -0.289 e. The van der Waals surface area contributed by atoms with Crippen molar-refractivity contribution in [3.8, 4) is 0 Å². The molecule has 0 fully saturated rings. The first-order valence-electron chi connectivity index (χ1n) is 2.28. The summed E-state index contributed by atoms with van der Waals surface area (Å²) in [5, 5.41) is 0. The molecule has 7 heteroatoms. The van der Waals surface area contributed by atoms with E-state index in [9.17, 15) is 9.36 Å². The maximum atomic E-state index is 10.8. The van der Waals surface area contributed by atoms with Crippen molar-refractivity contribution in [3.05, 3.63) is 0 Å². The van der Waals surface area contributed by atoms with Gasteiger partial charge in [-0.25, -0.2) is 10.0 Å². The second kappa shape index (κ2) is 4.40. The molecule has 0 aromatic rings. The van der Waals surface area contributed by atoms with Crippen molar-refractivity contribution in [2.24, 2.45) is 0 Å². The Morgan fingerprint density at radius 2 is 1.90 bits per heavy atom. The summed E-state index contributed by atoms with van der Waals surface area (Å²) in [5.74, 6) is 0. The predicted octanol–water partition coefficient (Wildman–Crippen LogP) is 0.0649. The molecule has 0 aromatic heterocycles. The van der Waals surface area contributed by atoms with Gasteiger partial charge in [0.1, 0.15) is 0 Å². The van der Waals surface area contributed by atoms with Crippen molar-refractivity contribution in [1.29, 1.82) is 0 Å². The molecule has 0 aliphatic heterocycles. The van der Waals surface area contributed by atoms with Crippen molar-refractivity contribution in [2.75, 3.05) is 14.2 Å². The molecule has 0 unspecified atom stereocenters. The van der Waals surface area contributed by atoms with Gasteiger partial charge in [0.15, 0.2) is 0 Å². The molecule has 0 aliphatic carbocycles. The zero-order valence-corrected chi connectivity index (χ0v) is 6.46. The van der Waals surface area contributed by atoms with Crippen LogP contribution >= 0.6 is 7.82 Å². The Kier molecular flexibility index (Phi) is 4.22. The molecule has 1 N–H and O–H groups in total. The van der Waals surface area contributed by atoms with Gasteiger partial charge in [0, 0.05) is 14.2 Å². The zero-order valence-electron chi connectivity index (χ0n) is 5.57. The minimum atomic E-state index is -3.54. The van der Waals surface area contributed by atoms with Gasteiger partial charge in [-0.05, 0) is 0 Å². The van der Waals surface area contributed by atoms with Crippen molar-refractivity contribution >= 4 is 14.2 Å². The van der Waals surface area contributed by atoms with Crippen LogP contribution < -0.4 is 5.48 Å². The molecule has 0 atom stereocenters. The summed E-state index contributed by atoms with van der Waals surface area (Å²) in [4.78, 5) is 9.62. The van der Waals surface area contributed by atoms with E-state index < -0.39 is 7.82 Å². The lowest BCUT2D eigenvalue weighted by Gasteiger charge is -2.09. The van der Waals surface area contributed by atoms with Crippen LogP contribution in [-0.2, 0) is 23.0 Å². The number of carbonyl (C=O) groups excluding carboxylic acids is 1. The van der Waals surface area contributed by atoms with Gasteiger partial charge in [0.05, 0.1) is 0 Å². The number of hydroxylamine groups is 1. The Bertz CT molecular complexity index is 140. The normalized spacial score (nSPS) is 11.0. The maximum Gasteiger partial charge on any atom is 0.495 e. The molecule has 0 spiro atoms. The van der Waals surface area contributed by atoms with Gasteiger partial charge >= 0.3 is 7.82 Å². The quantitative estimate of drug-likeness (QED) is 0.358. The third kappa shape index (κ3) is 2.93. The number of nitrogens with one attached hydrogen (secondary N) is 1. The average Bonchev–Trinajstić information content (AvgIpc) is 2.00. The average molecular weight is 169 g/mol. The summed E-state index contributed by atoms with van der Waals surface area (Å²) in [7, 11) is -1.27. The molecule has 0 saturated carbocycles. The fraction of sp³-hybridized carbons (Fsp3) is 0.667. The fourth-order valence-corrected chi connectivity index (χ4v) is 0.705. The van der Waals surface area contributed by atoms with Crippen LogP contribution in [0.25, 0.3) is 0 Å². The molecule has 0 rings (SSSR count). The largest absolute Gasteiger partial charge is 0.495 e. The van der Waals surface area contributed by atoms with Crippen LogP contribution in [0.2, 0.25) is 0 Å². The van der Waals surface area contributed by atoms with Crippen molar-refractivity contribution in [1.82, 2.24) is 5.48 Å². The molecule has 0 radical (unpaired) electrons. The second-order valence-corrected chi connectivity index (χ2v) is 2.95. The smallest absolute Gasteiger partial charge is 0.289 e. The number of hydrogen-bond donors (Lipinski definition) is 1. The van der Waals surface area contributed by atoms with Crippen LogP contribution in [0.3, 0.4) is 0 Å². The molecule has 1 amide bonds. The summed E-state index contributed by atoms with van der Waals surface area (Å²) >= 11 is 0. The molecule has 0 saturated heterocycles. The molecule has 10 heavy (non-hydrogen) atoms. The SMILES string of the molecule is COP(=O)(OC)ONC=O. The van der Waals surface area contributed by atoms with Gasteiger partial charge in [-0.1, -0.05) is 0 Å². The lowest BCUT2D eigenvalue weighted by atomic mass is 11.5. The third-order valence-electron chi connectivity index (χ3n) is 0.660. The molecule has 0 heterocycles. The number of rotatable bonds is 5. The Morgan fingerprint density at radius 1 is 1.40 bits per heavy atom. The first-order chi connectivity index (χ1) is 4.68. The second-order valence-electron chi connectivity index (χ2n) is 1.14. The zero-order chi connectivity index (χ0) is 8.04. The first-order valence-corrected chi connectivity index (χ1v) is 3.74. The van der Waals surface area contributed by atoms with Crippen LogP contribution in [0.1, 0.15) is 0 Å². The van der Waals surface area contributed by atoms with Gasteiger partial charge < -0.3 is 0 Å². The number of carbonyl (C=O) groups is 1. The van der Waals surface area contributed by atoms with Gasteiger partial charge in [0.25, 0.3) is 0 Å². The number of amides is 1. The predicted molar refractivity (Wildman–Crippen MR) is 31.9 cm³/mol. The molecule has 0 bridgehead atoms. The molecule has 6 nitrogen and oxygen atoms in total. The van der Waals surface area contributed by atoms with E-state index in [-0.39, 0.29) is 6.41 Å². The maximum absolute atomic E-state index is 10.8. The number of phosphoric ester groups is 1. The van der Waals surface area contributed by atoms with Crippen molar-refractivity contribution in [3.63, 3.8) is 0 Å². The summed E-state index contributed by atoms with van der Waals surface area (Å²) in [6, 6.07) is 0. The van der Waals surface area contributed by atoms with Gasteiger partial charge in [-0.15, -0.1) is 0 Å². The van der Waals surface area contributed by atoms with E-state index in [0.717, 1.165) is 14.2 Å². The van der Waals surface area contributed by atoms with Gasteiger partial charge in [0.2, 0.25) is 6.41 Å². The summed E-state index contributed by atoms with van der Waals surface area (Å²) < 4.78 is 23.5. The van der Waals surface area contributed by atoms with E-state index in [1.54, 1.807) is 5.48 Å². The van der Waals surface area contributed by atoms with E-state index in [2.05, 4.69) is 13.7 Å². The Balaban J connectivity index is 3.81. The lowest BCUT2D eigenvalue weighted by molar-refractivity contribution is -0.116. The van der Waals surface area contributed by atoms with E-state index in [4.69, 9.17) is 0 Å². The van der Waals surface area contributed by atoms with Crippen LogP contribution in [0.5, 0.6) is 0 Å². The van der Waals surface area contributed by atoms with E-state index in [1.165, 1.54) is 0 Å². The molecule has 0 aliphatic rings. The Hall–Kier alpha value is -0.420. The standard InChI is InChI=1S/C3H8NO5P/c1-7-10(6,8-2)9-4-3-5/h3H,1-2H3,(H,4,5). The highest BCUT2D eigenvalue weighted by Crippen LogP contribution is 2.45. The van der Waals surface area contributed by atoms with Crippen LogP contribution in [0, 0.1) is 0 Å². The molecular weight excluding hydrogens is 161 g/mol. The lowest BCUT2D eigenvalue weighted by Crippen LogP contribution is -2.10. The summed E-state index contributed by atoms with van der Waals surface area (Å²) in [6.07, 6.45) is 0.213. The van der Waals surface area contributed by atoms with E-state index in [0.29, 0.717) is 0 Å². The van der Waals surface area contributed by atoms with Crippen LogP contribution in [0.4, 0.5) is 0 Å². The van der Waals surface area contributed by atoms with Crippen LogP contribution in [-0.4, -0.2) is 20.6 Å². The van der Waals surface area contributed by atoms with Gasteiger partial charge in [-0.3, -0.25) is 13.8 Å². The third-order valence-corrected chi connectivity index (χ3v) is 1.88. The topological polar surface area (TPSA) is 73.9 Å². The van der Waals surface area contributed by atoms with Crippen LogP contribution in [0.15, 0.2) is 0 Å². The highest BCUT2D eigenvalue weighted by molar-refractivity contribution is 7.48. The minimum absolute atomic E-state index is 0.213. The monoisotopic (exact) mass is 169 g/mol. The molecule has 0 aromatic carbocycles.